The molecule has 1 heterocycles. The Kier molecular flexibility index (Phi) is 5.05. The number of allylic oxidation sites excluding steroid dienone is 2. The second-order valence-electron chi connectivity index (χ2n) is 12.6. The highest BCUT2D eigenvalue weighted by molar-refractivity contribution is 5.27. The van der Waals surface area contributed by atoms with Gasteiger partial charge in [0.15, 0.2) is 0 Å². The summed E-state index contributed by atoms with van der Waals surface area (Å²) in [6.45, 7) is 11.9. The summed E-state index contributed by atoms with van der Waals surface area (Å²) < 4.78 is 6.36. The highest BCUT2D eigenvalue weighted by atomic mass is 16.6. The van der Waals surface area contributed by atoms with Crippen LogP contribution in [0, 0.1) is 40.4 Å². The minimum Gasteiger partial charge on any atom is -0.393 e. The second kappa shape index (κ2) is 7.06. The molecule has 11 unspecified atom stereocenters. The summed E-state index contributed by atoms with van der Waals surface area (Å²) >= 11 is 0. The summed E-state index contributed by atoms with van der Waals surface area (Å²) in [5.41, 5.74) is 1.69. The van der Waals surface area contributed by atoms with Crippen molar-refractivity contribution in [1.82, 2.24) is 0 Å². The second-order valence-corrected chi connectivity index (χ2v) is 12.6. The Bertz CT molecular complexity index is 713. The van der Waals surface area contributed by atoms with E-state index in [1.54, 1.807) is 0 Å². The minimum absolute atomic E-state index is 0.0322. The standard InChI is InChI=1S/C27H44O3/c1-16(2)7-6-8-17(3)19-9-10-20-22-21(12-13-25(19,20)4)26(5)14-11-18(28)15-27(26)24(30-27)23(22)29/h7,17-24,28-29H,6,8-15H2,1-5H3. The molecule has 1 aliphatic heterocycles. The maximum absolute atomic E-state index is 11.5. The van der Waals surface area contributed by atoms with Crippen molar-refractivity contribution in [2.75, 3.05) is 0 Å². The molecule has 5 aliphatic rings. The Morgan fingerprint density at radius 1 is 1.07 bits per heavy atom. The molecule has 1 saturated heterocycles. The molecular formula is C27H44O3. The van der Waals surface area contributed by atoms with Crippen LogP contribution >= 0.6 is 0 Å². The lowest BCUT2D eigenvalue weighted by Gasteiger charge is -2.60. The largest absolute Gasteiger partial charge is 0.393 e. The van der Waals surface area contributed by atoms with E-state index in [4.69, 9.17) is 4.74 Å². The minimum atomic E-state index is -0.335. The summed E-state index contributed by atoms with van der Waals surface area (Å²) in [4.78, 5) is 0. The van der Waals surface area contributed by atoms with Crippen LogP contribution in [-0.2, 0) is 4.74 Å². The van der Waals surface area contributed by atoms with Crippen molar-refractivity contribution in [2.45, 2.75) is 116 Å². The fourth-order valence-electron chi connectivity index (χ4n) is 9.45. The van der Waals surface area contributed by atoms with E-state index in [2.05, 4.69) is 40.7 Å². The molecule has 0 aromatic heterocycles. The summed E-state index contributed by atoms with van der Waals surface area (Å²) in [5.74, 6) is 3.11. The van der Waals surface area contributed by atoms with E-state index in [0.29, 0.717) is 23.2 Å². The SMILES string of the molecule is CC(C)=CCCC(C)C1CCC2C3C(O)C4OC45CC(O)CCC5(C)C3CCC12C. The van der Waals surface area contributed by atoms with Crippen LogP contribution < -0.4 is 0 Å². The molecule has 4 saturated carbocycles. The quantitative estimate of drug-likeness (QED) is 0.470. The lowest BCUT2D eigenvalue weighted by molar-refractivity contribution is -0.151. The number of aliphatic hydroxyl groups is 2. The van der Waals surface area contributed by atoms with E-state index < -0.39 is 0 Å². The first-order chi connectivity index (χ1) is 14.1. The van der Waals surface area contributed by atoms with Gasteiger partial charge < -0.3 is 14.9 Å². The fraction of sp³-hybridized carbons (Fsp3) is 0.926. The van der Waals surface area contributed by atoms with Crippen molar-refractivity contribution in [1.29, 1.82) is 0 Å². The monoisotopic (exact) mass is 416 g/mol. The maximum Gasteiger partial charge on any atom is 0.114 e. The molecule has 0 bridgehead atoms. The maximum atomic E-state index is 11.5. The Morgan fingerprint density at radius 2 is 1.83 bits per heavy atom. The lowest BCUT2D eigenvalue weighted by Crippen LogP contribution is -2.63. The number of aliphatic hydroxyl groups excluding tert-OH is 2. The van der Waals surface area contributed by atoms with Crippen molar-refractivity contribution in [3.63, 3.8) is 0 Å². The average Bonchev–Trinajstić information content (AvgIpc) is 3.29. The summed E-state index contributed by atoms with van der Waals surface area (Å²) in [6, 6.07) is 0. The molecule has 0 radical (unpaired) electrons. The van der Waals surface area contributed by atoms with E-state index in [9.17, 15) is 10.2 Å². The molecule has 11 atom stereocenters. The molecule has 5 fully saturated rings. The normalized spacial score (nSPS) is 55.0. The Morgan fingerprint density at radius 3 is 2.57 bits per heavy atom. The van der Waals surface area contributed by atoms with Crippen LogP contribution in [0.4, 0.5) is 0 Å². The van der Waals surface area contributed by atoms with E-state index in [1.165, 1.54) is 44.1 Å². The van der Waals surface area contributed by atoms with E-state index in [-0.39, 0.29) is 29.3 Å². The molecular weight excluding hydrogens is 372 g/mol. The van der Waals surface area contributed by atoms with Crippen LogP contribution in [0.2, 0.25) is 0 Å². The third kappa shape index (κ3) is 2.80. The van der Waals surface area contributed by atoms with Crippen LogP contribution in [0.1, 0.15) is 92.4 Å². The number of ether oxygens (including phenoxy) is 1. The van der Waals surface area contributed by atoms with Gasteiger partial charge in [0.2, 0.25) is 0 Å². The molecule has 3 heteroatoms. The third-order valence-electron chi connectivity index (χ3n) is 11.0. The van der Waals surface area contributed by atoms with Crippen molar-refractivity contribution in [3.8, 4) is 0 Å². The molecule has 1 spiro atoms. The molecule has 0 aromatic rings. The van der Waals surface area contributed by atoms with Crippen molar-refractivity contribution >= 4 is 0 Å². The fourth-order valence-corrected chi connectivity index (χ4v) is 9.45. The smallest absolute Gasteiger partial charge is 0.114 e. The van der Waals surface area contributed by atoms with Gasteiger partial charge in [-0.2, -0.15) is 0 Å². The molecule has 5 rings (SSSR count). The van der Waals surface area contributed by atoms with E-state index in [0.717, 1.165) is 31.1 Å². The highest BCUT2D eigenvalue weighted by Gasteiger charge is 2.79. The average molecular weight is 417 g/mol. The number of fused-ring (bicyclic) bond motifs is 4. The Balaban J connectivity index is 1.39. The molecule has 4 aliphatic carbocycles. The first-order valence-corrected chi connectivity index (χ1v) is 12.8. The summed E-state index contributed by atoms with van der Waals surface area (Å²) in [7, 11) is 0. The summed E-state index contributed by atoms with van der Waals surface area (Å²) in [5, 5.41) is 21.9. The summed E-state index contributed by atoms with van der Waals surface area (Å²) in [6.07, 6.45) is 12.1. The van der Waals surface area contributed by atoms with Gasteiger partial charge >= 0.3 is 0 Å². The van der Waals surface area contributed by atoms with Crippen molar-refractivity contribution in [3.05, 3.63) is 11.6 Å². The van der Waals surface area contributed by atoms with E-state index >= 15 is 0 Å². The topological polar surface area (TPSA) is 53.0 Å². The molecule has 3 nitrogen and oxygen atoms in total. The van der Waals surface area contributed by atoms with Gasteiger partial charge in [0.1, 0.15) is 11.7 Å². The van der Waals surface area contributed by atoms with Crippen LogP contribution in [0.5, 0.6) is 0 Å². The molecule has 0 amide bonds. The lowest BCUT2D eigenvalue weighted by atomic mass is 9.43. The van der Waals surface area contributed by atoms with Crippen LogP contribution in [0.15, 0.2) is 11.6 Å². The molecule has 170 valence electrons. The molecule has 2 N–H and O–H groups in total. The Hall–Kier alpha value is -0.380. The van der Waals surface area contributed by atoms with Gasteiger partial charge in [-0.05, 0) is 100 Å². The van der Waals surface area contributed by atoms with Crippen LogP contribution in [0.25, 0.3) is 0 Å². The number of rotatable bonds is 4. The third-order valence-corrected chi connectivity index (χ3v) is 11.0. The first-order valence-electron chi connectivity index (χ1n) is 12.8. The van der Waals surface area contributed by atoms with Gasteiger partial charge in [-0.3, -0.25) is 0 Å². The van der Waals surface area contributed by atoms with Crippen LogP contribution in [0.3, 0.4) is 0 Å². The predicted octanol–water partition coefficient (Wildman–Crippen LogP) is 5.49. The van der Waals surface area contributed by atoms with Crippen LogP contribution in [-0.4, -0.2) is 34.1 Å². The van der Waals surface area contributed by atoms with Crippen molar-refractivity contribution in [2.24, 2.45) is 40.4 Å². The Labute approximate surface area is 183 Å². The van der Waals surface area contributed by atoms with E-state index in [1.807, 2.05) is 0 Å². The van der Waals surface area contributed by atoms with Gasteiger partial charge in [-0.25, -0.2) is 0 Å². The van der Waals surface area contributed by atoms with Gasteiger partial charge in [0, 0.05) is 11.8 Å². The number of hydrogen-bond donors (Lipinski definition) is 2. The predicted molar refractivity (Wildman–Crippen MR) is 120 cm³/mol. The number of hydrogen-bond acceptors (Lipinski definition) is 3. The van der Waals surface area contributed by atoms with Crippen molar-refractivity contribution < 1.29 is 14.9 Å². The zero-order valence-corrected chi connectivity index (χ0v) is 19.9. The zero-order chi connectivity index (χ0) is 21.5. The molecule has 30 heavy (non-hydrogen) atoms. The number of epoxide rings is 1. The van der Waals surface area contributed by atoms with Gasteiger partial charge in [-0.15, -0.1) is 0 Å². The first kappa shape index (κ1) is 21.5. The highest BCUT2D eigenvalue weighted by Crippen LogP contribution is 2.74. The zero-order valence-electron chi connectivity index (χ0n) is 19.9. The van der Waals surface area contributed by atoms with Gasteiger partial charge in [0.25, 0.3) is 0 Å². The van der Waals surface area contributed by atoms with Gasteiger partial charge in [-0.1, -0.05) is 32.4 Å². The molecule has 0 aromatic carbocycles. The van der Waals surface area contributed by atoms with Gasteiger partial charge in [0.05, 0.1) is 12.2 Å².